The van der Waals surface area contributed by atoms with Crippen LogP contribution in [0, 0.1) is 0 Å². The minimum atomic E-state index is 0.525. The molecule has 54 valence electrons. The predicted molar refractivity (Wildman–Crippen MR) is 42.0 cm³/mol. The van der Waals surface area contributed by atoms with Gasteiger partial charge >= 0.3 is 0 Å². The molecule has 0 aromatic carbocycles. The van der Waals surface area contributed by atoms with Gasteiger partial charge in [-0.2, -0.15) is 5.10 Å². The summed E-state index contributed by atoms with van der Waals surface area (Å²) in [5.41, 5.74) is 1.04. The summed E-state index contributed by atoms with van der Waals surface area (Å²) < 4.78 is 1.80. The number of nitrogens with zero attached hydrogens (tertiary/aromatic N) is 2. The van der Waals surface area contributed by atoms with Crippen LogP contribution in [0.4, 0.5) is 0 Å². The maximum atomic E-state index is 5.56. The second kappa shape index (κ2) is 3.42. The van der Waals surface area contributed by atoms with E-state index >= 15 is 0 Å². The first kappa shape index (κ1) is 7.35. The SMILES string of the molecule is C=CCn1cc(CCl)cn1. The highest BCUT2D eigenvalue weighted by atomic mass is 35.5. The van der Waals surface area contributed by atoms with Crippen molar-refractivity contribution in [1.82, 2.24) is 9.78 Å². The normalized spacial score (nSPS) is 9.70. The molecule has 0 aliphatic carbocycles. The Bertz CT molecular complexity index is 217. The molecule has 0 saturated heterocycles. The summed E-state index contributed by atoms with van der Waals surface area (Å²) in [5.74, 6) is 0.525. The molecule has 0 atom stereocenters. The van der Waals surface area contributed by atoms with E-state index in [0.29, 0.717) is 5.88 Å². The number of hydrogen-bond donors (Lipinski definition) is 0. The Morgan fingerprint density at radius 2 is 2.60 bits per heavy atom. The summed E-state index contributed by atoms with van der Waals surface area (Å²) in [7, 11) is 0. The van der Waals surface area contributed by atoms with Crippen molar-refractivity contribution in [2.75, 3.05) is 0 Å². The van der Waals surface area contributed by atoms with Gasteiger partial charge in [0.25, 0.3) is 0 Å². The Balaban J connectivity index is 2.67. The van der Waals surface area contributed by atoms with E-state index in [1.807, 2.05) is 6.20 Å². The van der Waals surface area contributed by atoms with Gasteiger partial charge in [-0.25, -0.2) is 0 Å². The van der Waals surface area contributed by atoms with Gasteiger partial charge in [0, 0.05) is 11.8 Å². The van der Waals surface area contributed by atoms with Crippen molar-refractivity contribution in [2.45, 2.75) is 12.4 Å². The Morgan fingerprint density at radius 3 is 3.10 bits per heavy atom. The van der Waals surface area contributed by atoms with Crippen LogP contribution in [0.15, 0.2) is 25.0 Å². The fourth-order valence-electron chi connectivity index (χ4n) is 0.708. The number of aromatic nitrogens is 2. The first-order valence-electron chi connectivity index (χ1n) is 3.05. The van der Waals surface area contributed by atoms with Crippen molar-refractivity contribution < 1.29 is 0 Å². The molecule has 0 fully saturated rings. The predicted octanol–water partition coefficient (Wildman–Crippen LogP) is 1.81. The quantitative estimate of drug-likeness (QED) is 0.482. The van der Waals surface area contributed by atoms with Crippen LogP contribution >= 0.6 is 11.6 Å². The molecule has 0 aliphatic rings. The lowest BCUT2D eigenvalue weighted by atomic mass is 10.4. The second-order valence-electron chi connectivity index (χ2n) is 1.99. The number of allylic oxidation sites excluding steroid dienone is 1. The molecule has 1 aromatic rings. The molecule has 0 N–H and O–H groups in total. The van der Waals surface area contributed by atoms with E-state index in [2.05, 4.69) is 11.7 Å². The molecule has 1 heterocycles. The van der Waals surface area contributed by atoms with Crippen LogP contribution in [0.2, 0.25) is 0 Å². The summed E-state index contributed by atoms with van der Waals surface area (Å²) >= 11 is 5.56. The van der Waals surface area contributed by atoms with Crippen molar-refractivity contribution in [3.8, 4) is 0 Å². The van der Waals surface area contributed by atoms with Crippen molar-refractivity contribution in [3.05, 3.63) is 30.6 Å². The lowest BCUT2D eigenvalue weighted by molar-refractivity contribution is 0.702. The lowest BCUT2D eigenvalue weighted by Crippen LogP contribution is -1.93. The van der Waals surface area contributed by atoms with Gasteiger partial charge in [-0.15, -0.1) is 18.2 Å². The maximum Gasteiger partial charge on any atom is 0.0587 e. The molecule has 0 radical (unpaired) electrons. The highest BCUT2D eigenvalue weighted by Crippen LogP contribution is 2.00. The van der Waals surface area contributed by atoms with E-state index in [9.17, 15) is 0 Å². The van der Waals surface area contributed by atoms with Crippen molar-refractivity contribution in [3.63, 3.8) is 0 Å². The maximum absolute atomic E-state index is 5.56. The van der Waals surface area contributed by atoms with Gasteiger partial charge in [-0.05, 0) is 0 Å². The lowest BCUT2D eigenvalue weighted by Gasteiger charge is -1.90. The monoisotopic (exact) mass is 156 g/mol. The number of hydrogen-bond acceptors (Lipinski definition) is 1. The number of rotatable bonds is 3. The summed E-state index contributed by atoms with van der Waals surface area (Å²) in [6, 6.07) is 0. The van der Waals surface area contributed by atoms with E-state index in [0.717, 1.165) is 12.1 Å². The van der Waals surface area contributed by atoms with Gasteiger partial charge < -0.3 is 0 Å². The van der Waals surface area contributed by atoms with Gasteiger partial charge in [0.05, 0.1) is 18.6 Å². The topological polar surface area (TPSA) is 17.8 Å². The fourth-order valence-corrected chi connectivity index (χ4v) is 0.846. The molecule has 0 aliphatic heterocycles. The molecule has 0 unspecified atom stereocenters. The molecule has 2 nitrogen and oxygen atoms in total. The number of alkyl halides is 1. The Hall–Kier alpha value is -0.760. The zero-order chi connectivity index (χ0) is 7.40. The van der Waals surface area contributed by atoms with Crippen molar-refractivity contribution in [2.24, 2.45) is 0 Å². The molecule has 0 saturated carbocycles. The van der Waals surface area contributed by atoms with Crippen LogP contribution in [0.1, 0.15) is 5.56 Å². The highest BCUT2D eigenvalue weighted by molar-refractivity contribution is 6.17. The van der Waals surface area contributed by atoms with Crippen LogP contribution in [0.5, 0.6) is 0 Å². The molecule has 0 spiro atoms. The summed E-state index contributed by atoms with van der Waals surface area (Å²) in [6.07, 6.45) is 5.47. The molecule has 1 aromatic heterocycles. The zero-order valence-corrected chi connectivity index (χ0v) is 6.38. The van der Waals surface area contributed by atoms with Gasteiger partial charge in [-0.1, -0.05) is 6.08 Å². The fraction of sp³-hybridized carbons (Fsp3) is 0.286. The first-order chi connectivity index (χ1) is 4.86. The van der Waals surface area contributed by atoms with Crippen molar-refractivity contribution in [1.29, 1.82) is 0 Å². The van der Waals surface area contributed by atoms with E-state index in [1.165, 1.54) is 0 Å². The van der Waals surface area contributed by atoms with Crippen LogP contribution in [0.3, 0.4) is 0 Å². The third-order valence-electron chi connectivity index (χ3n) is 1.16. The average molecular weight is 157 g/mol. The van der Waals surface area contributed by atoms with E-state index in [4.69, 9.17) is 11.6 Å². The third-order valence-corrected chi connectivity index (χ3v) is 1.47. The van der Waals surface area contributed by atoms with Crippen LogP contribution in [-0.4, -0.2) is 9.78 Å². The van der Waals surface area contributed by atoms with E-state index < -0.39 is 0 Å². The molecular formula is C7H9ClN2. The van der Waals surface area contributed by atoms with Gasteiger partial charge in [0.15, 0.2) is 0 Å². The minimum Gasteiger partial charge on any atom is -0.269 e. The van der Waals surface area contributed by atoms with Crippen LogP contribution < -0.4 is 0 Å². The summed E-state index contributed by atoms with van der Waals surface area (Å²) in [4.78, 5) is 0. The molecule has 0 bridgehead atoms. The summed E-state index contributed by atoms with van der Waals surface area (Å²) in [5, 5.41) is 4.04. The third kappa shape index (κ3) is 1.61. The largest absolute Gasteiger partial charge is 0.269 e. The number of halogens is 1. The highest BCUT2D eigenvalue weighted by Gasteiger charge is 1.92. The van der Waals surface area contributed by atoms with E-state index in [1.54, 1.807) is 17.0 Å². The van der Waals surface area contributed by atoms with E-state index in [-0.39, 0.29) is 0 Å². The first-order valence-corrected chi connectivity index (χ1v) is 3.58. The smallest absolute Gasteiger partial charge is 0.0587 e. The summed E-state index contributed by atoms with van der Waals surface area (Å²) in [6.45, 7) is 4.34. The Kier molecular flexibility index (Phi) is 2.51. The van der Waals surface area contributed by atoms with Gasteiger partial charge in [-0.3, -0.25) is 4.68 Å². The molecule has 1 rings (SSSR count). The standard InChI is InChI=1S/C7H9ClN2/c1-2-3-10-6-7(4-8)5-9-10/h2,5-6H,1,3-4H2. The Labute approximate surface area is 65.1 Å². The minimum absolute atomic E-state index is 0.525. The van der Waals surface area contributed by atoms with Crippen LogP contribution in [0.25, 0.3) is 0 Å². The van der Waals surface area contributed by atoms with Crippen molar-refractivity contribution >= 4 is 11.6 Å². The van der Waals surface area contributed by atoms with Gasteiger partial charge in [0.1, 0.15) is 0 Å². The zero-order valence-electron chi connectivity index (χ0n) is 5.63. The second-order valence-corrected chi connectivity index (χ2v) is 2.26. The Morgan fingerprint density at radius 1 is 1.80 bits per heavy atom. The molecular weight excluding hydrogens is 148 g/mol. The molecule has 0 amide bonds. The van der Waals surface area contributed by atoms with Gasteiger partial charge in [0.2, 0.25) is 0 Å². The molecule has 10 heavy (non-hydrogen) atoms. The van der Waals surface area contributed by atoms with Crippen LogP contribution in [-0.2, 0) is 12.4 Å². The average Bonchev–Trinajstić information content (AvgIpc) is 2.37. The molecule has 3 heteroatoms.